The molecule has 3 nitrogen and oxygen atoms in total. The number of pyridine rings is 2. The van der Waals surface area contributed by atoms with E-state index in [0.717, 1.165) is 49.8 Å². The number of hydrogen-bond donors (Lipinski definition) is 0. The topological polar surface area (TPSA) is 30.2 Å². The van der Waals surface area contributed by atoms with Crippen molar-refractivity contribution in [2.24, 2.45) is 0 Å². The summed E-state index contributed by atoms with van der Waals surface area (Å²) in [5.41, 5.74) is 10.9. The Morgan fingerprint density at radius 1 is 0.377 bits per heavy atom. The van der Waals surface area contributed by atoms with Gasteiger partial charge < -0.3 is 4.40 Å². The van der Waals surface area contributed by atoms with Gasteiger partial charge in [-0.1, -0.05) is 158 Å². The number of imidazole rings is 1. The molecule has 0 saturated carbocycles. The van der Waals surface area contributed by atoms with Crippen LogP contribution in [0.15, 0.2) is 188 Å². The first-order valence-electron chi connectivity index (χ1n) is 18.1. The van der Waals surface area contributed by atoms with Crippen LogP contribution in [0.5, 0.6) is 0 Å². The van der Waals surface area contributed by atoms with Gasteiger partial charge in [-0.15, -0.1) is 0 Å². The summed E-state index contributed by atoms with van der Waals surface area (Å²) in [5, 5.41) is 10.8. The fourth-order valence-corrected chi connectivity index (χ4v) is 8.33. The van der Waals surface area contributed by atoms with Gasteiger partial charge in [-0.25, -0.2) is 9.97 Å². The van der Waals surface area contributed by atoms with E-state index in [0.29, 0.717) is 0 Å². The molecule has 0 radical (unpaired) electrons. The van der Waals surface area contributed by atoms with Crippen molar-refractivity contribution in [3.05, 3.63) is 188 Å². The van der Waals surface area contributed by atoms with Gasteiger partial charge in [0.2, 0.25) is 0 Å². The van der Waals surface area contributed by atoms with Gasteiger partial charge in [0.15, 0.2) is 0 Å². The zero-order chi connectivity index (χ0) is 34.9. The van der Waals surface area contributed by atoms with Crippen molar-refractivity contribution in [1.29, 1.82) is 0 Å². The normalized spacial score (nSPS) is 11.8. The van der Waals surface area contributed by atoms with E-state index in [2.05, 4.69) is 187 Å². The Bertz CT molecular complexity index is 3150. The highest BCUT2D eigenvalue weighted by Gasteiger charge is 2.19. The van der Waals surface area contributed by atoms with Crippen molar-refractivity contribution in [2.45, 2.75) is 0 Å². The number of para-hydroxylation sites is 1. The maximum absolute atomic E-state index is 5.28. The summed E-state index contributed by atoms with van der Waals surface area (Å²) in [6, 6.07) is 63.1. The van der Waals surface area contributed by atoms with Crippen LogP contribution in [-0.4, -0.2) is 14.4 Å². The number of nitrogens with zero attached hydrogens (tertiary/aromatic N) is 3. The van der Waals surface area contributed by atoms with Gasteiger partial charge in [0.25, 0.3) is 0 Å². The predicted octanol–water partition coefficient (Wildman–Crippen LogP) is 13.2. The summed E-state index contributed by atoms with van der Waals surface area (Å²) >= 11 is 0. The van der Waals surface area contributed by atoms with E-state index < -0.39 is 0 Å². The van der Waals surface area contributed by atoms with E-state index in [-0.39, 0.29) is 0 Å². The maximum Gasteiger partial charge on any atom is 0.146 e. The molecule has 3 aromatic heterocycles. The molecule has 3 heteroatoms. The molecule has 0 saturated heterocycles. The molecule has 8 aromatic carbocycles. The molecule has 0 unspecified atom stereocenters. The Morgan fingerprint density at radius 2 is 0.943 bits per heavy atom. The van der Waals surface area contributed by atoms with E-state index in [4.69, 9.17) is 9.97 Å². The largest absolute Gasteiger partial charge is 0.306 e. The summed E-state index contributed by atoms with van der Waals surface area (Å²) in [5.74, 6) is 0. The van der Waals surface area contributed by atoms with Crippen LogP contribution in [-0.2, 0) is 0 Å². The number of fused-ring (bicyclic) bond motifs is 8. The lowest BCUT2D eigenvalue weighted by Gasteiger charge is -2.18. The monoisotopic (exact) mass is 673 g/mol. The number of rotatable bonds is 4. The molecule has 11 aromatic rings. The first kappa shape index (κ1) is 29.6. The van der Waals surface area contributed by atoms with Crippen molar-refractivity contribution in [3.63, 3.8) is 0 Å². The molecule has 0 aliphatic carbocycles. The van der Waals surface area contributed by atoms with Crippen LogP contribution in [0.1, 0.15) is 0 Å². The van der Waals surface area contributed by atoms with E-state index in [9.17, 15) is 0 Å². The van der Waals surface area contributed by atoms with Gasteiger partial charge in [0.1, 0.15) is 5.65 Å². The molecule has 0 amide bonds. The zero-order valence-electron chi connectivity index (χ0n) is 28.7. The minimum absolute atomic E-state index is 0.933. The first-order valence-corrected chi connectivity index (χ1v) is 18.1. The van der Waals surface area contributed by atoms with Crippen LogP contribution in [0.2, 0.25) is 0 Å². The smallest absolute Gasteiger partial charge is 0.146 e. The minimum atomic E-state index is 0.933. The maximum atomic E-state index is 5.28. The van der Waals surface area contributed by atoms with Crippen LogP contribution in [0, 0.1) is 0 Å². The Kier molecular flexibility index (Phi) is 6.55. The number of benzene rings is 8. The highest BCUT2D eigenvalue weighted by Crippen LogP contribution is 2.45. The van der Waals surface area contributed by atoms with Crippen molar-refractivity contribution in [3.8, 4) is 44.8 Å². The summed E-state index contributed by atoms with van der Waals surface area (Å²) in [6.45, 7) is 0. The molecule has 0 fully saturated rings. The van der Waals surface area contributed by atoms with Crippen molar-refractivity contribution in [1.82, 2.24) is 14.4 Å². The van der Waals surface area contributed by atoms with E-state index in [1.54, 1.807) is 0 Å². The standard InChI is InChI=1S/C50H31N3/c1-2-13-33(14-3-1)45-31-53-29-28-43-48(50(53)52-45)42-20-10-11-21-44(42)51-49(43)35-25-23-34(24-26-35)46-38-16-6-8-18-40(38)47(41-19-9-7-17-39(41)46)37-27-22-32-12-4-5-15-36(32)30-37/h1-31H. The molecule has 0 bridgehead atoms. The van der Waals surface area contributed by atoms with E-state index in [1.165, 1.54) is 54.6 Å². The number of hydrogen-bond acceptors (Lipinski definition) is 2. The Balaban J connectivity index is 1.10. The summed E-state index contributed by atoms with van der Waals surface area (Å²) in [6.07, 6.45) is 4.23. The molecule has 0 aliphatic rings. The molecule has 246 valence electrons. The molecular weight excluding hydrogens is 643 g/mol. The lowest BCUT2D eigenvalue weighted by atomic mass is 9.85. The predicted molar refractivity (Wildman–Crippen MR) is 222 cm³/mol. The second-order valence-electron chi connectivity index (χ2n) is 13.8. The second-order valence-corrected chi connectivity index (χ2v) is 13.8. The highest BCUT2D eigenvalue weighted by atomic mass is 15.0. The number of aromatic nitrogens is 3. The third-order valence-electron chi connectivity index (χ3n) is 10.8. The Morgan fingerprint density at radius 3 is 1.66 bits per heavy atom. The molecule has 3 heterocycles. The first-order chi connectivity index (χ1) is 26.3. The Labute approximate surface area is 306 Å². The average Bonchev–Trinajstić information content (AvgIpc) is 3.68. The van der Waals surface area contributed by atoms with E-state index in [1.807, 2.05) is 6.07 Å². The molecule has 53 heavy (non-hydrogen) atoms. The fraction of sp³-hybridized carbons (Fsp3) is 0. The van der Waals surface area contributed by atoms with Gasteiger partial charge in [0, 0.05) is 39.7 Å². The molecule has 11 rings (SSSR count). The molecule has 0 aliphatic heterocycles. The van der Waals surface area contributed by atoms with Crippen molar-refractivity contribution < 1.29 is 0 Å². The van der Waals surface area contributed by atoms with Gasteiger partial charge in [-0.05, 0) is 72.8 Å². The lowest BCUT2D eigenvalue weighted by Crippen LogP contribution is -1.94. The fourth-order valence-electron chi connectivity index (χ4n) is 8.33. The molecule has 0 N–H and O–H groups in total. The van der Waals surface area contributed by atoms with Gasteiger partial charge in [0.05, 0.1) is 16.9 Å². The van der Waals surface area contributed by atoms with Crippen LogP contribution >= 0.6 is 0 Å². The third-order valence-corrected chi connectivity index (χ3v) is 10.8. The molecule has 0 atom stereocenters. The minimum Gasteiger partial charge on any atom is -0.306 e. The average molecular weight is 674 g/mol. The van der Waals surface area contributed by atoms with Gasteiger partial charge >= 0.3 is 0 Å². The molecular formula is C50H31N3. The quantitative estimate of drug-likeness (QED) is 0.137. The summed E-state index contributed by atoms with van der Waals surface area (Å²) in [4.78, 5) is 10.5. The van der Waals surface area contributed by atoms with E-state index >= 15 is 0 Å². The highest BCUT2D eigenvalue weighted by molar-refractivity contribution is 6.22. The SMILES string of the molecule is c1ccc(-c2cn3ccc4c(-c5ccc(-c6c7ccccc7c(-c7ccc8ccccc8c7)c7ccccc67)cc5)nc5ccccc5c4c3n2)cc1. The van der Waals surface area contributed by atoms with Gasteiger partial charge in [-0.3, -0.25) is 0 Å². The van der Waals surface area contributed by atoms with Crippen LogP contribution in [0.4, 0.5) is 0 Å². The van der Waals surface area contributed by atoms with Crippen LogP contribution < -0.4 is 0 Å². The summed E-state index contributed by atoms with van der Waals surface area (Å²) < 4.78 is 2.14. The van der Waals surface area contributed by atoms with Gasteiger partial charge in [-0.2, -0.15) is 0 Å². The van der Waals surface area contributed by atoms with Crippen LogP contribution in [0.25, 0.3) is 104 Å². The Hall–Kier alpha value is -7.10. The zero-order valence-corrected chi connectivity index (χ0v) is 28.7. The summed E-state index contributed by atoms with van der Waals surface area (Å²) in [7, 11) is 0. The van der Waals surface area contributed by atoms with Crippen molar-refractivity contribution >= 4 is 59.6 Å². The van der Waals surface area contributed by atoms with Crippen molar-refractivity contribution in [2.75, 3.05) is 0 Å². The molecule has 0 spiro atoms. The lowest BCUT2D eigenvalue weighted by molar-refractivity contribution is 1.20. The second kappa shape index (κ2) is 11.7. The van der Waals surface area contributed by atoms with Crippen LogP contribution in [0.3, 0.4) is 0 Å². The third kappa shape index (κ3) is 4.68.